The molecule has 1 aliphatic carbocycles. The lowest BCUT2D eigenvalue weighted by molar-refractivity contribution is -0.145. The Hall–Kier alpha value is -0.570. The fourth-order valence-corrected chi connectivity index (χ4v) is 3.30. The van der Waals surface area contributed by atoms with E-state index >= 15 is 0 Å². The molecular weight excluding hydrogens is 214 g/mol. The Labute approximate surface area is 104 Å². The number of piperidine rings is 1. The maximum absolute atomic E-state index is 11.3. The minimum atomic E-state index is -0.604. The Morgan fingerprint density at radius 2 is 1.82 bits per heavy atom. The molecule has 1 heterocycles. The van der Waals surface area contributed by atoms with Gasteiger partial charge in [0.05, 0.1) is 0 Å². The fraction of sp³-hybridized carbons (Fsp3) is 0.929. The number of carboxylic acids is 1. The van der Waals surface area contributed by atoms with Crippen LogP contribution in [0.1, 0.15) is 52.4 Å². The second kappa shape index (κ2) is 4.97. The molecule has 1 atom stereocenters. The molecule has 0 amide bonds. The van der Waals surface area contributed by atoms with Crippen molar-refractivity contribution in [1.82, 2.24) is 4.90 Å². The average Bonchev–Trinajstić information content (AvgIpc) is 3.15. The molecule has 1 saturated carbocycles. The van der Waals surface area contributed by atoms with Crippen LogP contribution >= 0.6 is 0 Å². The van der Waals surface area contributed by atoms with Crippen LogP contribution in [0.4, 0.5) is 0 Å². The Morgan fingerprint density at radius 1 is 1.29 bits per heavy atom. The van der Waals surface area contributed by atoms with Crippen LogP contribution in [-0.4, -0.2) is 35.1 Å². The molecule has 3 nitrogen and oxygen atoms in total. The van der Waals surface area contributed by atoms with Gasteiger partial charge in [0.15, 0.2) is 0 Å². The van der Waals surface area contributed by atoms with Crippen molar-refractivity contribution in [2.24, 2.45) is 11.3 Å². The van der Waals surface area contributed by atoms with Gasteiger partial charge in [-0.05, 0) is 50.1 Å². The van der Waals surface area contributed by atoms with E-state index in [9.17, 15) is 9.90 Å². The lowest BCUT2D eigenvalue weighted by Crippen LogP contribution is -2.49. The standard InChI is InChI=1S/C14H25NO2/c1-3-14(4-2)7-9-15(10-8-14)12(13(16)17)11-5-6-11/h11-12H,3-10H2,1-2H3,(H,16,17). The summed E-state index contributed by atoms with van der Waals surface area (Å²) in [6.07, 6.45) is 7.05. The van der Waals surface area contributed by atoms with Crippen LogP contribution in [0.2, 0.25) is 0 Å². The quantitative estimate of drug-likeness (QED) is 0.802. The van der Waals surface area contributed by atoms with Gasteiger partial charge in [0.2, 0.25) is 0 Å². The van der Waals surface area contributed by atoms with Crippen LogP contribution in [0.5, 0.6) is 0 Å². The van der Waals surface area contributed by atoms with Gasteiger partial charge in [0.25, 0.3) is 0 Å². The minimum Gasteiger partial charge on any atom is -0.480 e. The fourth-order valence-electron chi connectivity index (χ4n) is 3.30. The number of rotatable bonds is 5. The van der Waals surface area contributed by atoms with Crippen LogP contribution in [0.3, 0.4) is 0 Å². The summed E-state index contributed by atoms with van der Waals surface area (Å²) in [6.45, 7) is 6.51. The Morgan fingerprint density at radius 3 is 2.18 bits per heavy atom. The van der Waals surface area contributed by atoms with E-state index in [1.165, 1.54) is 25.7 Å². The summed E-state index contributed by atoms with van der Waals surface area (Å²) in [4.78, 5) is 13.6. The molecule has 2 aliphatic rings. The van der Waals surface area contributed by atoms with Gasteiger partial charge >= 0.3 is 5.97 Å². The molecular formula is C14H25NO2. The predicted octanol–water partition coefficient (Wildman–Crippen LogP) is 2.75. The first-order valence-electron chi connectivity index (χ1n) is 7.09. The number of hydrogen-bond donors (Lipinski definition) is 1. The largest absolute Gasteiger partial charge is 0.480 e. The molecule has 0 aromatic rings. The lowest BCUT2D eigenvalue weighted by atomic mass is 9.74. The van der Waals surface area contributed by atoms with E-state index in [0.29, 0.717) is 11.3 Å². The zero-order valence-electron chi connectivity index (χ0n) is 11.1. The smallest absolute Gasteiger partial charge is 0.321 e. The first-order valence-corrected chi connectivity index (χ1v) is 7.09. The average molecular weight is 239 g/mol. The van der Waals surface area contributed by atoms with E-state index in [4.69, 9.17) is 0 Å². The van der Waals surface area contributed by atoms with Crippen molar-refractivity contribution < 1.29 is 9.90 Å². The normalized spacial score (nSPS) is 26.7. The van der Waals surface area contributed by atoms with Crippen LogP contribution in [0.15, 0.2) is 0 Å². The summed E-state index contributed by atoms with van der Waals surface area (Å²) in [5.74, 6) is -0.170. The Bertz CT molecular complexity index is 272. The molecule has 2 fully saturated rings. The van der Waals surface area contributed by atoms with Crippen molar-refractivity contribution in [2.45, 2.75) is 58.4 Å². The third kappa shape index (κ3) is 2.65. The maximum Gasteiger partial charge on any atom is 0.321 e. The number of nitrogens with zero attached hydrogens (tertiary/aromatic N) is 1. The monoisotopic (exact) mass is 239 g/mol. The molecule has 3 heteroatoms. The highest BCUT2D eigenvalue weighted by atomic mass is 16.4. The van der Waals surface area contributed by atoms with Gasteiger partial charge in [0.1, 0.15) is 6.04 Å². The highest BCUT2D eigenvalue weighted by molar-refractivity contribution is 5.74. The molecule has 1 unspecified atom stereocenters. The summed E-state index contributed by atoms with van der Waals surface area (Å²) in [5, 5.41) is 9.34. The molecule has 0 spiro atoms. The molecule has 2 rings (SSSR count). The highest BCUT2D eigenvalue weighted by Crippen LogP contribution is 2.41. The van der Waals surface area contributed by atoms with Gasteiger partial charge in [-0.3, -0.25) is 9.69 Å². The van der Waals surface area contributed by atoms with Crippen LogP contribution < -0.4 is 0 Å². The van der Waals surface area contributed by atoms with E-state index in [-0.39, 0.29) is 6.04 Å². The molecule has 1 aliphatic heterocycles. The topological polar surface area (TPSA) is 40.5 Å². The van der Waals surface area contributed by atoms with E-state index in [2.05, 4.69) is 18.7 Å². The number of carboxylic acid groups (broad SMARTS) is 1. The van der Waals surface area contributed by atoms with Gasteiger partial charge in [-0.15, -0.1) is 0 Å². The van der Waals surface area contributed by atoms with Crippen molar-refractivity contribution in [2.75, 3.05) is 13.1 Å². The van der Waals surface area contributed by atoms with Crippen LogP contribution in [-0.2, 0) is 4.79 Å². The predicted molar refractivity (Wildman–Crippen MR) is 68.0 cm³/mol. The first kappa shape index (κ1) is 12.9. The molecule has 0 aromatic heterocycles. The Kier molecular flexibility index (Phi) is 3.76. The van der Waals surface area contributed by atoms with E-state index in [1.54, 1.807) is 0 Å². The molecule has 1 N–H and O–H groups in total. The lowest BCUT2D eigenvalue weighted by Gasteiger charge is -2.43. The van der Waals surface area contributed by atoms with Gasteiger partial charge in [-0.2, -0.15) is 0 Å². The summed E-state index contributed by atoms with van der Waals surface area (Å²) >= 11 is 0. The maximum atomic E-state index is 11.3. The van der Waals surface area contributed by atoms with Crippen molar-refractivity contribution in [3.63, 3.8) is 0 Å². The summed E-state index contributed by atoms with van der Waals surface area (Å²) in [5.41, 5.74) is 0.489. The van der Waals surface area contributed by atoms with Gasteiger partial charge in [-0.1, -0.05) is 26.7 Å². The third-order valence-electron chi connectivity index (χ3n) is 5.07. The number of aliphatic carboxylic acids is 1. The van der Waals surface area contributed by atoms with Crippen molar-refractivity contribution in [1.29, 1.82) is 0 Å². The number of carbonyl (C=O) groups is 1. The minimum absolute atomic E-state index is 0.193. The summed E-state index contributed by atoms with van der Waals surface area (Å²) in [6, 6.07) is -0.193. The molecule has 0 bridgehead atoms. The molecule has 0 radical (unpaired) electrons. The van der Waals surface area contributed by atoms with E-state index < -0.39 is 5.97 Å². The van der Waals surface area contributed by atoms with Crippen LogP contribution in [0.25, 0.3) is 0 Å². The van der Waals surface area contributed by atoms with E-state index in [0.717, 1.165) is 25.9 Å². The number of likely N-dealkylation sites (tertiary alicyclic amines) is 1. The zero-order valence-corrected chi connectivity index (χ0v) is 11.1. The van der Waals surface area contributed by atoms with Gasteiger partial charge in [0, 0.05) is 0 Å². The van der Waals surface area contributed by atoms with Crippen molar-refractivity contribution in [3.8, 4) is 0 Å². The SMILES string of the molecule is CCC1(CC)CCN(C(C(=O)O)C2CC2)CC1. The molecule has 17 heavy (non-hydrogen) atoms. The van der Waals surface area contributed by atoms with E-state index in [1.807, 2.05) is 0 Å². The second-order valence-electron chi connectivity index (χ2n) is 5.86. The zero-order chi connectivity index (χ0) is 12.5. The molecule has 0 aromatic carbocycles. The van der Waals surface area contributed by atoms with Crippen molar-refractivity contribution in [3.05, 3.63) is 0 Å². The molecule has 98 valence electrons. The molecule has 1 saturated heterocycles. The summed E-state index contributed by atoms with van der Waals surface area (Å²) < 4.78 is 0. The summed E-state index contributed by atoms with van der Waals surface area (Å²) in [7, 11) is 0. The second-order valence-corrected chi connectivity index (χ2v) is 5.86. The van der Waals surface area contributed by atoms with Crippen LogP contribution in [0, 0.1) is 11.3 Å². The van der Waals surface area contributed by atoms with Gasteiger partial charge < -0.3 is 5.11 Å². The van der Waals surface area contributed by atoms with Gasteiger partial charge in [-0.25, -0.2) is 0 Å². The highest BCUT2D eigenvalue weighted by Gasteiger charge is 2.43. The first-order chi connectivity index (χ1) is 8.12. The van der Waals surface area contributed by atoms with Crippen molar-refractivity contribution >= 4 is 5.97 Å². The number of hydrogen-bond acceptors (Lipinski definition) is 2. The third-order valence-corrected chi connectivity index (χ3v) is 5.07. The Balaban J connectivity index is 1.95.